The van der Waals surface area contributed by atoms with Crippen LogP contribution in [0.1, 0.15) is 46.3 Å². The molecular formula is C22H25NO3. The molecule has 0 radical (unpaired) electrons. The summed E-state index contributed by atoms with van der Waals surface area (Å²) >= 11 is 0. The van der Waals surface area contributed by atoms with Crippen LogP contribution in [-0.4, -0.2) is 37.1 Å². The molecule has 4 nitrogen and oxygen atoms in total. The van der Waals surface area contributed by atoms with Gasteiger partial charge in [-0.25, -0.2) is 0 Å². The monoisotopic (exact) mass is 351 g/mol. The minimum absolute atomic E-state index is 0.0422. The summed E-state index contributed by atoms with van der Waals surface area (Å²) in [5, 5.41) is 0. The molecule has 0 aromatic heterocycles. The first-order valence-electron chi connectivity index (χ1n) is 9.47. The number of fused-ring (bicyclic) bond motifs is 1. The highest BCUT2D eigenvalue weighted by atomic mass is 16.7. The van der Waals surface area contributed by atoms with Crippen molar-refractivity contribution in [2.24, 2.45) is 0 Å². The van der Waals surface area contributed by atoms with Crippen molar-refractivity contribution in [3.05, 3.63) is 58.7 Å². The summed E-state index contributed by atoms with van der Waals surface area (Å²) in [5.74, 6) is 1.39. The van der Waals surface area contributed by atoms with Crippen LogP contribution in [0.3, 0.4) is 0 Å². The van der Waals surface area contributed by atoms with Gasteiger partial charge < -0.3 is 14.4 Å². The van der Waals surface area contributed by atoms with Crippen LogP contribution >= 0.6 is 0 Å². The van der Waals surface area contributed by atoms with Gasteiger partial charge in [-0.05, 0) is 68.6 Å². The van der Waals surface area contributed by atoms with E-state index in [-0.39, 0.29) is 12.6 Å². The molecule has 0 unspecified atom stereocenters. The summed E-state index contributed by atoms with van der Waals surface area (Å²) < 4.78 is 10.7. The fraction of sp³-hybridized carbons (Fsp3) is 0.409. The van der Waals surface area contributed by atoms with E-state index in [9.17, 15) is 4.79 Å². The number of carbonyl (C=O) groups is 1. The van der Waals surface area contributed by atoms with E-state index in [1.807, 2.05) is 24.3 Å². The molecule has 0 spiro atoms. The van der Waals surface area contributed by atoms with Crippen molar-refractivity contribution in [1.29, 1.82) is 0 Å². The second-order valence-corrected chi connectivity index (χ2v) is 7.14. The van der Waals surface area contributed by atoms with E-state index in [2.05, 4.69) is 17.9 Å². The smallest absolute Gasteiger partial charge is 0.231 e. The molecule has 0 amide bonds. The molecule has 136 valence electrons. The predicted octanol–water partition coefficient (Wildman–Crippen LogP) is 3.98. The summed E-state index contributed by atoms with van der Waals surface area (Å²) in [6, 6.07) is 11.5. The summed E-state index contributed by atoms with van der Waals surface area (Å²) in [6.07, 6.45) is 4.96. The zero-order chi connectivity index (χ0) is 17.9. The first-order valence-corrected chi connectivity index (χ1v) is 9.47. The molecule has 0 aliphatic carbocycles. The second kappa shape index (κ2) is 7.50. The van der Waals surface area contributed by atoms with Crippen molar-refractivity contribution in [2.75, 3.05) is 26.4 Å². The van der Waals surface area contributed by atoms with Gasteiger partial charge in [-0.15, -0.1) is 0 Å². The van der Waals surface area contributed by atoms with Crippen molar-refractivity contribution in [2.45, 2.75) is 32.6 Å². The Morgan fingerprint density at radius 3 is 2.69 bits per heavy atom. The minimum Gasteiger partial charge on any atom is -0.454 e. The van der Waals surface area contributed by atoms with Crippen LogP contribution in [0.2, 0.25) is 0 Å². The molecule has 2 aliphatic heterocycles. The van der Waals surface area contributed by atoms with E-state index in [1.165, 1.54) is 37.9 Å². The Labute approximate surface area is 154 Å². The van der Waals surface area contributed by atoms with Crippen molar-refractivity contribution in [3.8, 4) is 11.5 Å². The van der Waals surface area contributed by atoms with Gasteiger partial charge in [0.1, 0.15) is 0 Å². The van der Waals surface area contributed by atoms with Crippen molar-refractivity contribution >= 4 is 5.78 Å². The van der Waals surface area contributed by atoms with E-state index in [1.54, 1.807) is 6.07 Å². The van der Waals surface area contributed by atoms with Crippen LogP contribution in [0.5, 0.6) is 11.5 Å². The Morgan fingerprint density at radius 2 is 1.85 bits per heavy atom. The molecular weight excluding hydrogens is 326 g/mol. The Morgan fingerprint density at radius 1 is 1.04 bits per heavy atom. The maximum Gasteiger partial charge on any atom is 0.231 e. The Balaban J connectivity index is 1.52. The predicted molar refractivity (Wildman–Crippen MR) is 101 cm³/mol. The number of likely N-dealkylation sites (tertiary alicyclic amines) is 1. The third-order valence-electron chi connectivity index (χ3n) is 5.47. The number of carbonyl (C=O) groups excluding carboxylic acids is 1. The van der Waals surface area contributed by atoms with Gasteiger partial charge in [0.2, 0.25) is 6.79 Å². The minimum atomic E-state index is 0.0422. The van der Waals surface area contributed by atoms with Gasteiger partial charge in [-0.2, -0.15) is 0 Å². The van der Waals surface area contributed by atoms with Crippen LogP contribution in [0, 0.1) is 6.92 Å². The third-order valence-corrected chi connectivity index (χ3v) is 5.47. The lowest BCUT2D eigenvalue weighted by Gasteiger charge is -2.26. The largest absolute Gasteiger partial charge is 0.454 e. The molecule has 0 saturated carbocycles. The van der Waals surface area contributed by atoms with Gasteiger partial charge in [0.25, 0.3) is 0 Å². The quantitative estimate of drug-likeness (QED) is 0.764. The van der Waals surface area contributed by atoms with Gasteiger partial charge in [-0.1, -0.05) is 24.6 Å². The first kappa shape index (κ1) is 17.1. The first-order chi connectivity index (χ1) is 12.7. The number of piperidine rings is 1. The van der Waals surface area contributed by atoms with Crippen molar-refractivity contribution < 1.29 is 14.3 Å². The zero-order valence-corrected chi connectivity index (χ0v) is 15.3. The SMILES string of the molecule is Cc1c(CCN2CCCCC2)cccc1C(=O)c1ccc2c(c1)OCO2. The lowest BCUT2D eigenvalue weighted by molar-refractivity contribution is 0.103. The maximum absolute atomic E-state index is 13.0. The molecule has 4 heteroatoms. The third kappa shape index (κ3) is 3.47. The number of ketones is 1. The number of ether oxygens (including phenoxy) is 2. The molecule has 4 rings (SSSR count). The fourth-order valence-corrected chi connectivity index (χ4v) is 3.86. The summed E-state index contributed by atoms with van der Waals surface area (Å²) in [4.78, 5) is 15.6. The molecule has 0 bridgehead atoms. The molecule has 2 heterocycles. The standard InChI is InChI=1S/C22H25NO3/c1-16-17(10-13-23-11-3-2-4-12-23)6-5-7-19(16)22(24)18-8-9-20-21(14-18)26-15-25-20/h5-9,14H,2-4,10-13,15H2,1H3. The molecule has 2 aliphatic rings. The molecule has 1 saturated heterocycles. The van der Waals surface area contributed by atoms with Gasteiger partial charge >= 0.3 is 0 Å². The van der Waals surface area contributed by atoms with Gasteiger partial charge in [0.05, 0.1) is 0 Å². The Bertz CT molecular complexity index is 809. The van der Waals surface area contributed by atoms with Crippen LogP contribution in [0.25, 0.3) is 0 Å². The van der Waals surface area contributed by atoms with Crippen molar-refractivity contribution in [1.82, 2.24) is 4.90 Å². The van der Waals surface area contributed by atoms with E-state index in [0.717, 1.165) is 24.1 Å². The summed E-state index contributed by atoms with van der Waals surface area (Å²) in [5.41, 5.74) is 3.78. The lowest BCUT2D eigenvalue weighted by atomic mass is 9.94. The van der Waals surface area contributed by atoms with Gasteiger partial charge in [-0.3, -0.25) is 4.79 Å². The van der Waals surface area contributed by atoms with Gasteiger partial charge in [0, 0.05) is 17.7 Å². The molecule has 2 aromatic carbocycles. The normalized spacial score (nSPS) is 16.7. The van der Waals surface area contributed by atoms with Crippen LogP contribution in [0.4, 0.5) is 0 Å². The Kier molecular flexibility index (Phi) is 4.93. The number of nitrogens with zero attached hydrogens (tertiary/aromatic N) is 1. The topological polar surface area (TPSA) is 38.8 Å². The molecule has 0 N–H and O–H groups in total. The highest BCUT2D eigenvalue weighted by Gasteiger charge is 2.19. The van der Waals surface area contributed by atoms with Crippen LogP contribution < -0.4 is 9.47 Å². The van der Waals surface area contributed by atoms with Crippen LogP contribution in [0.15, 0.2) is 36.4 Å². The maximum atomic E-state index is 13.0. The molecule has 1 fully saturated rings. The van der Waals surface area contributed by atoms with E-state index in [4.69, 9.17) is 9.47 Å². The van der Waals surface area contributed by atoms with E-state index < -0.39 is 0 Å². The lowest BCUT2D eigenvalue weighted by Crippen LogP contribution is -2.31. The average Bonchev–Trinajstić information content (AvgIpc) is 3.15. The number of benzene rings is 2. The highest BCUT2D eigenvalue weighted by molar-refractivity contribution is 6.10. The van der Waals surface area contributed by atoms with Crippen molar-refractivity contribution in [3.63, 3.8) is 0 Å². The number of hydrogen-bond acceptors (Lipinski definition) is 4. The highest BCUT2D eigenvalue weighted by Crippen LogP contribution is 2.33. The fourth-order valence-electron chi connectivity index (χ4n) is 3.86. The summed E-state index contributed by atoms with van der Waals surface area (Å²) in [6.45, 7) is 5.76. The van der Waals surface area contributed by atoms with Crippen LogP contribution in [-0.2, 0) is 6.42 Å². The molecule has 0 atom stereocenters. The zero-order valence-electron chi connectivity index (χ0n) is 15.3. The molecule has 2 aromatic rings. The number of hydrogen-bond donors (Lipinski definition) is 0. The van der Waals surface area contributed by atoms with Gasteiger partial charge in [0.15, 0.2) is 17.3 Å². The van der Waals surface area contributed by atoms with E-state index >= 15 is 0 Å². The number of rotatable bonds is 5. The average molecular weight is 351 g/mol. The summed E-state index contributed by atoms with van der Waals surface area (Å²) in [7, 11) is 0. The van der Waals surface area contributed by atoms with E-state index in [0.29, 0.717) is 17.1 Å². The molecule has 26 heavy (non-hydrogen) atoms. The second-order valence-electron chi connectivity index (χ2n) is 7.14. The Hall–Kier alpha value is -2.33.